The second kappa shape index (κ2) is 9.25. The molecule has 9 heteroatoms. The molecule has 3 aromatic heterocycles. The van der Waals surface area contributed by atoms with Gasteiger partial charge in [0.25, 0.3) is 5.91 Å². The van der Waals surface area contributed by atoms with Crippen LogP contribution in [0.3, 0.4) is 0 Å². The number of pyridine rings is 2. The van der Waals surface area contributed by atoms with Crippen LogP contribution < -0.4 is 10.6 Å². The van der Waals surface area contributed by atoms with Gasteiger partial charge in [0.1, 0.15) is 6.04 Å². The fourth-order valence-electron chi connectivity index (χ4n) is 3.69. The van der Waals surface area contributed by atoms with Gasteiger partial charge in [-0.1, -0.05) is 48.2 Å². The molecule has 1 atom stereocenters. The molecular weight excluding hydrogens is 434 g/mol. The second-order valence-corrected chi connectivity index (χ2v) is 8.43. The van der Waals surface area contributed by atoms with Crippen LogP contribution in [0.25, 0.3) is 0 Å². The van der Waals surface area contributed by atoms with Crippen LogP contribution in [0.5, 0.6) is 0 Å². The van der Waals surface area contributed by atoms with Gasteiger partial charge >= 0.3 is 0 Å². The highest BCUT2D eigenvalue weighted by Gasteiger charge is 2.34. The van der Waals surface area contributed by atoms with Crippen LogP contribution in [-0.4, -0.2) is 30.6 Å². The van der Waals surface area contributed by atoms with Crippen molar-refractivity contribution in [3.63, 3.8) is 0 Å². The molecule has 1 aliphatic rings. The van der Waals surface area contributed by atoms with Gasteiger partial charge in [-0.2, -0.15) is 4.98 Å². The molecule has 0 saturated heterocycles. The van der Waals surface area contributed by atoms with Crippen molar-refractivity contribution in [3.05, 3.63) is 102 Å². The Morgan fingerprint density at radius 2 is 1.85 bits per heavy atom. The molecule has 0 unspecified atom stereocenters. The second-order valence-electron chi connectivity index (χ2n) is 7.49. The molecular formula is C24H21N7OS. The third-order valence-corrected chi connectivity index (χ3v) is 6.12. The zero-order valence-corrected chi connectivity index (χ0v) is 18.7. The number of hydrogen-bond acceptors (Lipinski definition) is 7. The number of carbonyl (C=O) groups excluding carboxylic acids is 1. The summed E-state index contributed by atoms with van der Waals surface area (Å²) in [6, 6.07) is 17.1. The molecule has 5 rings (SSSR count). The molecule has 4 aromatic rings. The van der Waals surface area contributed by atoms with Crippen molar-refractivity contribution in [2.75, 3.05) is 10.6 Å². The van der Waals surface area contributed by atoms with Crippen molar-refractivity contribution in [1.82, 2.24) is 24.7 Å². The van der Waals surface area contributed by atoms with Gasteiger partial charge in [0.2, 0.25) is 11.1 Å². The average Bonchev–Trinajstić information content (AvgIpc) is 3.26. The standard InChI is InChI=1S/C24H21N7OS/c1-16-20(22(32)28-19-10-6-12-26-14-19)21(18-9-5-11-25-13-18)31-23(27-16)29-24(30-31)33-15-17-7-3-2-4-8-17/h2-14,21H,15H2,1H3,(H,28,32)(H,27,29,30)/t21-/m1/s1. The van der Waals surface area contributed by atoms with Crippen molar-refractivity contribution in [2.45, 2.75) is 23.9 Å². The Kier molecular flexibility index (Phi) is 5.86. The van der Waals surface area contributed by atoms with E-state index in [1.54, 1.807) is 53.4 Å². The third kappa shape index (κ3) is 4.49. The van der Waals surface area contributed by atoms with E-state index in [9.17, 15) is 4.79 Å². The molecule has 0 fully saturated rings. The van der Waals surface area contributed by atoms with Crippen LogP contribution in [0.2, 0.25) is 0 Å². The Bertz CT molecular complexity index is 1290. The fraction of sp³-hybridized carbons (Fsp3) is 0.125. The largest absolute Gasteiger partial charge is 0.328 e. The average molecular weight is 456 g/mol. The Hall–Kier alpha value is -3.98. The Balaban J connectivity index is 1.48. The number of aromatic nitrogens is 5. The lowest BCUT2D eigenvalue weighted by atomic mass is 9.96. The van der Waals surface area contributed by atoms with E-state index in [0.29, 0.717) is 28.1 Å². The Labute approximate surface area is 195 Å². The number of thioether (sulfide) groups is 1. The highest BCUT2D eigenvalue weighted by Crippen LogP contribution is 2.36. The minimum Gasteiger partial charge on any atom is -0.328 e. The zero-order chi connectivity index (χ0) is 22.6. The molecule has 1 aromatic carbocycles. The van der Waals surface area contributed by atoms with E-state index in [2.05, 4.69) is 37.7 Å². The maximum absolute atomic E-state index is 13.4. The molecule has 0 bridgehead atoms. The van der Waals surface area contributed by atoms with Crippen LogP contribution in [0.1, 0.15) is 24.1 Å². The van der Waals surface area contributed by atoms with E-state index in [0.717, 1.165) is 11.3 Å². The fourth-order valence-corrected chi connectivity index (χ4v) is 4.47. The number of nitrogens with zero attached hydrogens (tertiary/aromatic N) is 5. The molecule has 1 amide bonds. The van der Waals surface area contributed by atoms with Gasteiger partial charge in [-0.25, -0.2) is 4.68 Å². The van der Waals surface area contributed by atoms with Crippen LogP contribution in [-0.2, 0) is 10.5 Å². The normalized spacial score (nSPS) is 15.0. The van der Waals surface area contributed by atoms with E-state index < -0.39 is 6.04 Å². The van der Waals surface area contributed by atoms with E-state index in [-0.39, 0.29) is 5.91 Å². The van der Waals surface area contributed by atoms with Crippen LogP contribution in [0, 0.1) is 0 Å². The first kappa shape index (κ1) is 20.9. The summed E-state index contributed by atoms with van der Waals surface area (Å²) in [5, 5.41) is 11.6. The van der Waals surface area contributed by atoms with Crippen molar-refractivity contribution >= 4 is 29.3 Å². The summed E-state index contributed by atoms with van der Waals surface area (Å²) in [5.41, 5.74) is 3.92. The molecule has 0 saturated carbocycles. The third-order valence-electron chi connectivity index (χ3n) is 5.21. The van der Waals surface area contributed by atoms with Crippen LogP contribution in [0.4, 0.5) is 11.6 Å². The topological polar surface area (TPSA) is 97.6 Å². The number of hydrogen-bond donors (Lipinski definition) is 2. The summed E-state index contributed by atoms with van der Waals surface area (Å²) >= 11 is 1.55. The Morgan fingerprint density at radius 3 is 2.58 bits per heavy atom. The highest BCUT2D eigenvalue weighted by atomic mass is 32.2. The molecule has 8 nitrogen and oxygen atoms in total. The van der Waals surface area contributed by atoms with Crippen molar-refractivity contribution in [1.29, 1.82) is 0 Å². The van der Waals surface area contributed by atoms with E-state index >= 15 is 0 Å². The summed E-state index contributed by atoms with van der Waals surface area (Å²) in [4.78, 5) is 26.4. The number of anilines is 2. The monoisotopic (exact) mass is 455 g/mol. The number of rotatable bonds is 6. The summed E-state index contributed by atoms with van der Waals surface area (Å²) < 4.78 is 1.76. The van der Waals surface area contributed by atoms with Gasteiger partial charge in [-0.3, -0.25) is 14.8 Å². The number of fused-ring (bicyclic) bond motifs is 1. The molecule has 0 aliphatic carbocycles. The Morgan fingerprint density at radius 1 is 1.06 bits per heavy atom. The maximum atomic E-state index is 13.4. The first-order chi connectivity index (χ1) is 16.2. The van der Waals surface area contributed by atoms with Gasteiger partial charge in [-0.15, -0.1) is 5.10 Å². The number of allylic oxidation sites excluding steroid dienone is 1. The van der Waals surface area contributed by atoms with Crippen molar-refractivity contribution in [3.8, 4) is 0 Å². The molecule has 4 heterocycles. The van der Waals surface area contributed by atoms with Gasteiger partial charge in [0.05, 0.1) is 17.5 Å². The molecule has 0 radical (unpaired) electrons. The zero-order valence-electron chi connectivity index (χ0n) is 17.8. The van der Waals surface area contributed by atoms with E-state index in [4.69, 9.17) is 5.10 Å². The van der Waals surface area contributed by atoms with Crippen LogP contribution >= 0.6 is 11.8 Å². The van der Waals surface area contributed by atoms with Gasteiger partial charge in [-0.05, 0) is 36.2 Å². The summed E-state index contributed by atoms with van der Waals surface area (Å²) in [5.74, 6) is 1.11. The molecule has 0 spiro atoms. The lowest BCUT2D eigenvalue weighted by Crippen LogP contribution is -2.31. The molecule has 164 valence electrons. The lowest BCUT2D eigenvalue weighted by Gasteiger charge is -2.28. The maximum Gasteiger partial charge on any atom is 0.255 e. The lowest BCUT2D eigenvalue weighted by molar-refractivity contribution is -0.113. The number of nitrogens with one attached hydrogen (secondary N) is 2. The smallest absolute Gasteiger partial charge is 0.255 e. The quantitative estimate of drug-likeness (QED) is 0.419. The predicted molar refractivity (Wildman–Crippen MR) is 128 cm³/mol. The van der Waals surface area contributed by atoms with Crippen molar-refractivity contribution in [2.24, 2.45) is 0 Å². The summed E-state index contributed by atoms with van der Waals surface area (Å²) in [7, 11) is 0. The summed E-state index contributed by atoms with van der Waals surface area (Å²) in [6.07, 6.45) is 6.74. The first-order valence-electron chi connectivity index (χ1n) is 10.4. The number of amides is 1. The predicted octanol–water partition coefficient (Wildman–Crippen LogP) is 4.29. The molecule has 33 heavy (non-hydrogen) atoms. The van der Waals surface area contributed by atoms with Crippen molar-refractivity contribution < 1.29 is 4.79 Å². The van der Waals surface area contributed by atoms with Gasteiger partial charge in [0, 0.05) is 30.0 Å². The number of benzene rings is 1. The molecule has 1 aliphatic heterocycles. The SMILES string of the molecule is CC1=C(C(=O)Nc2cccnc2)[C@@H](c2cccnc2)n2nc(SCc3ccccc3)nc2N1. The van der Waals surface area contributed by atoms with E-state index in [1.165, 1.54) is 5.56 Å². The first-order valence-corrected chi connectivity index (χ1v) is 11.4. The van der Waals surface area contributed by atoms with Gasteiger partial charge in [0.15, 0.2) is 0 Å². The van der Waals surface area contributed by atoms with E-state index in [1.807, 2.05) is 37.3 Å². The minimum absolute atomic E-state index is 0.235. The van der Waals surface area contributed by atoms with Crippen LogP contribution in [0.15, 0.2) is 95.8 Å². The molecule has 2 N–H and O–H groups in total. The minimum atomic E-state index is -0.467. The summed E-state index contributed by atoms with van der Waals surface area (Å²) in [6.45, 7) is 1.87. The highest BCUT2D eigenvalue weighted by molar-refractivity contribution is 7.98. The van der Waals surface area contributed by atoms with Gasteiger partial charge < -0.3 is 10.6 Å². The number of carbonyl (C=O) groups is 1.